The number of carbonyl (C=O) groups is 2. The maximum absolute atomic E-state index is 12.5. The number of ether oxygens (including phenoxy) is 1. The number of nitrogens with one attached hydrogen (secondary N) is 2. The second-order valence-electron chi connectivity index (χ2n) is 6.80. The number of hydrogen-bond donors (Lipinski definition) is 2. The molecule has 26 heavy (non-hydrogen) atoms. The van der Waals surface area contributed by atoms with E-state index in [0.717, 1.165) is 6.42 Å². The molecule has 4 atom stereocenters. The number of para-hydroxylation sites is 1. The summed E-state index contributed by atoms with van der Waals surface area (Å²) in [6.07, 6.45) is 2.19. The van der Waals surface area contributed by atoms with Crippen LogP contribution in [-0.2, 0) is 20.9 Å². The van der Waals surface area contributed by atoms with E-state index in [1.165, 1.54) is 17.8 Å². The van der Waals surface area contributed by atoms with Crippen molar-refractivity contribution in [3.05, 3.63) is 40.9 Å². The van der Waals surface area contributed by atoms with Gasteiger partial charge in [-0.1, -0.05) is 12.1 Å². The highest BCUT2D eigenvalue weighted by atomic mass is 16.5. The van der Waals surface area contributed by atoms with E-state index in [0.29, 0.717) is 17.5 Å². The van der Waals surface area contributed by atoms with Crippen LogP contribution in [-0.4, -0.2) is 46.2 Å². The summed E-state index contributed by atoms with van der Waals surface area (Å²) < 4.78 is 6.93. The van der Waals surface area contributed by atoms with Gasteiger partial charge in [0.15, 0.2) is 0 Å². The number of aromatic nitrogens is 2. The van der Waals surface area contributed by atoms with Gasteiger partial charge in [-0.05, 0) is 18.6 Å². The number of carbonyl (C=O) groups excluding carboxylic acids is 2. The van der Waals surface area contributed by atoms with E-state index in [9.17, 15) is 14.4 Å². The molecular formula is C18H20N4O4. The van der Waals surface area contributed by atoms with Crippen molar-refractivity contribution in [2.24, 2.45) is 5.92 Å². The van der Waals surface area contributed by atoms with Crippen molar-refractivity contribution in [3.63, 3.8) is 0 Å². The molecule has 2 aromatic rings. The van der Waals surface area contributed by atoms with Crippen LogP contribution >= 0.6 is 0 Å². The Morgan fingerprint density at radius 3 is 2.88 bits per heavy atom. The molecule has 2 aliphatic rings. The third kappa shape index (κ3) is 2.86. The summed E-state index contributed by atoms with van der Waals surface area (Å²) in [4.78, 5) is 40.6. The molecule has 0 radical (unpaired) electrons. The maximum Gasteiger partial charge on any atom is 0.261 e. The van der Waals surface area contributed by atoms with Gasteiger partial charge in [0.25, 0.3) is 5.56 Å². The maximum atomic E-state index is 12.5. The monoisotopic (exact) mass is 356 g/mol. The molecule has 0 spiro atoms. The fraction of sp³-hybridized carbons (Fsp3) is 0.444. The van der Waals surface area contributed by atoms with Gasteiger partial charge in [0.05, 0.1) is 35.4 Å². The molecule has 136 valence electrons. The smallest absolute Gasteiger partial charge is 0.261 e. The lowest BCUT2D eigenvalue weighted by atomic mass is 9.71. The molecular weight excluding hydrogens is 336 g/mol. The Hall–Kier alpha value is -2.74. The minimum atomic E-state index is -0.283. The predicted octanol–water partition coefficient (Wildman–Crippen LogP) is -0.195. The van der Waals surface area contributed by atoms with Gasteiger partial charge in [0.1, 0.15) is 6.54 Å². The van der Waals surface area contributed by atoms with Gasteiger partial charge in [-0.25, -0.2) is 4.98 Å². The third-order valence-corrected chi connectivity index (χ3v) is 5.13. The first kappa shape index (κ1) is 16.7. The highest BCUT2D eigenvalue weighted by Gasteiger charge is 2.54. The second-order valence-corrected chi connectivity index (χ2v) is 6.80. The molecule has 2 fully saturated rings. The minimum absolute atomic E-state index is 0.0470. The first-order valence-corrected chi connectivity index (χ1v) is 8.67. The number of rotatable bonds is 4. The van der Waals surface area contributed by atoms with Crippen LogP contribution in [0.3, 0.4) is 0 Å². The largest absolute Gasteiger partial charge is 0.376 e. The van der Waals surface area contributed by atoms with E-state index >= 15 is 0 Å². The van der Waals surface area contributed by atoms with Crippen LogP contribution < -0.4 is 16.2 Å². The van der Waals surface area contributed by atoms with Crippen LogP contribution in [0.5, 0.6) is 0 Å². The van der Waals surface area contributed by atoms with Gasteiger partial charge in [0, 0.05) is 19.4 Å². The molecule has 1 aromatic heterocycles. The van der Waals surface area contributed by atoms with Crippen molar-refractivity contribution in [1.82, 2.24) is 20.2 Å². The molecule has 0 unspecified atom stereocenters. The van der Waals surface area contributed by atoms with Crippen LogP contribution in [0.15, 0.2) is 35.4 Å². The molecule has 1 saturated carbocycles. The van der Waals surface area contributed by atoms with Crippen molar-refractivity contribution in [2.75, 3.05) is 6.61 Å². The van der Waals surface area contributed by atoms with Gasteiger partial charge in [-0.15, -0.1) is 0 Å². The summed E-state index contributed by atoms with van der Waals surface area (Å²) in [6.45, 7) is 1.96. The quantitative estimate of drug-likeness (QED) is 0.790. The molecule has 1 aliphatic carbocycles. The third-order valence-electron chi connectivity index (χ3n) is 5.13. The summed E-state index contributed by atoms with van der Waals surface area (Å²) >= 11 is 0. The average molecular weight is 356 g/mol. The van der Waals surface area contributed by atoms with Crippen molar-refractivity contribution >= 4 is 22.7 Å². The molecule has 1 aliphatic heterocycles. The topological polar surface area (TPSA) is 102 Å². The minimum Gasteiger partial charge on any atom is -0.376 e. The highest BCUT2D eigenvalue weighted by molar-refractivity contribution is 5.79. The lowest BCUT2D eigenvalue weighted by Gasteiger charge is -2.47. The zero-order valence-electron chi connectivity index (χ0n) is 14.3. The number of fused-ring (bicyclic) bond motifs is 2. The van der Waals surface area contributed by atoms with E-state index in [4.69, 9.17) is 4.74 Å². The average Bonchev–Trinajstić information content (AvgIpc) is 3.05. The van der Waals surface area contributed by atoms with Gasteiger partial charge in [0.2, 0.25) is 11.8 Å². The van der Waals surface area contributed by atoms with E-state index in [1.54, 1.807) is 18.2 Å². The Balaban J connectivity index is 1.48. The molecule has 8 nitrogen and oxygen atoms in total. The molecule has 2 heterocycles. The number of hydrogen-bond acceptors (Lipinski definition) is 5. The SMILES string of the molecule is CC(=O)N[C@@H]1[C@@H](NC(=O)Cn2cnc3ccccc3c2=O)[C@H]2CCO[C@H]21. The number of amides is 2. The molecule has 0 bridgehead atoms. The van der Waals surface area contributed by atoms with E-state index in [1.807, 2.05) is 6.07 Å². The van der Waals surface area contributed by atoms with Crippen LogP contribution in [0.1, 0.15) is 13.3 Å². The fourth-order valence-electron chi connectivity index (χ4n) is 3.92. The summed E-state index contributed by atoms with van der Waals surface area (Å²) in [5.74, 6) is -0.240. The molecule has 2 N–H and O–H groups in total. The zero-order valence-corrected chi connectivity index (χ0v) is 14.3. The van der Waals surface area contributed by atoms with Crippen LogP contribution in [0, 0.1) is 5.92 Å². The number of nitrogens with zero attached hydrogens (tertiary/aromatic N) is 2. The van der Waals surface area contributed by atoms with Crippen molar-refractivity contribution < 1.29 is 14.3 Å². The summed E-state index contributed by atoms with van der Waals surface area (Å²) in [5, 5.41) is 6.27. The van der Waals surface area contributed by atoms with Crippen LogP contribution in [0.4, 0.5) is 0 Å². The second kappa shape index (κ2) is 6.53. The summed E-state index contributed by atoms with van der Waals surface area (Å²) in [7, 11) is 0. The van der Waals surface area contributed by atoms with Crippen LogP contribution in [0.2, 0.25) is 0 Å². The Kier molecular flexibility index (Phi) is 4.20. The van der Waals surface area contributed by atoms with Crippen molar-refractivity contribution in [2.45, 2.75) is 38.1 Å². The molecule has 4 rings (SSSR count). The molecule has 1 saturated heterocycles. The summed E-state index contributed by atoms with van der Waals surface area (Å²) in [5.41, 5.74) is 0.352. The van der Waals surface area contributed by atoms with Crippen molar-refractivity contribution in [1.29, 1.82) is 0 Å². The first-order valence-electron chi connectivity index (χ1n) is 8.67. The van der Waals surface area contributed by atoms with E-state index < -0.39 is 0 Å². The molecule has 2 amide bonds. The zero-order chi connectivity index (χ0) is 18.3. The predicted molar refractivity (Wildman–Crippen MR) is 93.4 cm³/mol. The molecule has 8 heteroatoms. The first-order chi connectivity index (χ1) is 12.5. The molecule has 1 aromatic carbocycles. The lowest BCUT2D eigenvalue weighted by molar-refractivity contribution is -0.130. The van der Waals surface area contributed by atoms with E-state index in [2.05, 4.69) is 15.6 Å². The Morgan fingerprint density at radius 1 is 1.27 bits per heavy atom. The Bertz CT molecular complexity index is 925. The van der Waals surface area contributed by atoms with Gasteiger partial charge >= 0.3 is 0 Å². The van der Waals surface area contributed by atoms with Gasteiger partial charge in [-0.3, -0.25) is 19.0 Å². The Labute approximate surface area is 149 Å². The standard InChI is InChI=1S/C18H20N4O4/c1-10(23)20-16-15(12-6-7-26-17(12)16)21-14(24)8-22-9-19-13-5-3-2-4-11(13)18(22)25/h2-5,9,12,15-17H,6-8H2,1H3,(H,20,23)(H,21,24)/t12-,15+,16-,17-/m1/s1. The van der Waals surface area contributed by atoms with E-state index in [-0.39, 0.29) is 48.0 Å². The lowest BCUT2D eigenvalue weighted by Crippen LogP contribution is -2.71. The van der Waals surface area contributed by atoms with Gasteiger partial charge in [-0.2, -0.15) is 0 Å². The fourth-order valence-corrected chi connectivity index (χ4v) is 3.92. The Morgan fingerprint density at radius 2 is 2.08 bits per heavy atom. The number of benzene rings is 1. The van der Waals surface area contributed by atoms with Crippen LogP contribution in [0.25, 0.3) is 10.9 Å². The van der Waals surface area contributed by atoms with Gasteiger partial charge < -0.3 is 15.4 Å². The normalized spacial score (nSPS) is 26.8. The highest BCUT2D eigenvalue weighted by Crippen LogP contribution is 2.39. The summed E-state index contributed by atoms with van der Waals surface area (Å²) in [6, 6.07) is 6.62. The van der Waals surface area contributed by atoms with Crippen molar-refractivity contribution in [3.8, 4) is 0 Å².